The first-order chi connectivity index (χ1) is 13.2. The number of nitrogens with zero attached hydrogens (tertiary/aromatic N) is 1. The Hall–Kier alpha value is -1.86. The Bertz CT molecular complexity index is 857. The monoisotopic (exact) mass is 379 g/mol. The van der Waals surface area contributed by atoms with Gasteiger partial charge in [-0.25, -0.2) is 0 Å². The fourth-order valence-corrected chi connectivity index (χ4v) is 4.08. The topological polar surface area (TPSA) is 12.9 Å². The van der Waals surface area contributed by atoms with Crippen LogP contribution in [-0.2, 0) is 12.8 Å². The number of aromatic nitrogens is 1. The molecule has 2 aromatic carbocycles. The average molecular weight is 380 g/mol. The van der Waals surface area contributed by atoms with Crippen molar-refractivity contribution in [2.24, 2.45) is 5.92 Å². The van der Waals surface area contributed by atoms with Crippen molar-refractivity contribution in [1.29, 1.82) is 0 Å². The molecule has 0 saturated heterocycles. The quantitative estimate of drug-likeness (QED) is 0.372. The van der Waals surface area contributed by atoms with Crippen molar-refractivity contribution in [3.05, 3.63) is 76.4 Å². The van der Waals surface area contributed by atoms with Gasteiger partial charge in [0, 0.05) is 11.8 Å². The summed E-state index contributed by atoms with van der Waals surface area (Å²) >= 11 is 6.49. The van der Waals surface area contributed by atoms with Gasteiger partial charge in [-0.2, -0.15) is 0 Å². The summed E-state index contributed by atoms with van der Waals surface area (Å²) in [5.41, 5.74) is 4.64. The molecule has 2 heteroatoms. The minimum absolute atomic E-state index is 0.754. The highest BCUT2D eigenvalue weighted by Gasteiger charge is 2.08. The molecular weight excluding hydrogens is 350 g/mol. The van der Waals surface area contributed by atoms with Gasteiger partial charge in [-0.05, 0) is 42.0 Å². The van der Waals surface area contributed by atoms with Crippen LogP contribution in [0.25, 0.3) is 10.9 Å². The summed E-state index contributed by atoms with van der Waals surface area (Å²) in [5, 5.41) is 1.88. The van der Waals surface area contributed by atoms with Crippen molar-refractivity contribution in [1.82, 2.24) is 4.98 Å². The van der Waals surface area contributed by atoms with Crippen molar-refractivity contribution >= 4 is 22.5 Å². The average Bonchev–Trinajstić information content (AvgIpc) is 2.69. The third-order valence-corrected chi connectivity index (χ3v) is 5.80. The van der Waals surface area contributed by atoms with E-state index < -0.39 is 0 Å². The Labute approximate surface area is 168 Å². The Morgan fingerprint density at radius 2 is 1.74 bits per heavy atom. The normalized spacial score (nSPS) is 12.4. The smallest absolute Gasteiger partial charge is 0.0709 e. The lowest BCUT2D eigenvalue weighted by Crippen LogP contribution is -1.99. The van der Waals surface area contributed by atoms with Gasteiger partial charge in [-0.1, -0.05) is 93.6 Å². The molecule has 27 heavy (non-hydrogen) atoms. The van der Waals surface area contributed by atoms with E-state index in [1.165, 1.54) is 43.2 Å². The van der Waals surface area contributed by atoms with Gasteiger partial charge in [0.1, 0.15) is 0 Å². The standard InChI is InChI=1S/C25H30ClN/c1-3-9-19(4-2)12-8-13-21-14-15-22-18-23(26)25(27-24(22)16-21)17-20-10-6-5-7-11-20/h5-7,10-11,14-16,18-19H,3-4,8-9,12-13,17H2,1-2H3/t19-/m1/s1. The van der Waals surface area contributed by atoms with Crippen LogP contribution in [0, 0.1) is 5.92 Å². The predicted molar refractivity (Wildman–Crippen MR) is 118 cm³/mol. The van der Waals surface area contributed by atoms with E-state index in [0.29, 0.717) is 0 Å². The molecule has 0 unspecified atom stereocenters. The molecule has 3 rings (SSSR count). The molecule has 1 heterocycles. The lowest BCUT2D eigenvalue weighted by molar-refractivity contribution is 0.419. The summed E-state index contributed by atoms with van der Waals surface area (Å²) < 4.78 is 0. The molecule has 0 spiro atoms. The first-order valence-electron chi connectivity index (χ1n) is 10.3. The Morgan fingerprint density at radius 3 is 2.48 bits per heavy atom. The molecule has 1 nitrogen and oxygen atoms in total. The van der Waals surface area contributed by atoms with Crippen LogP contribution < -0.4 is 0 Å². The summed E-state index contributed by atoms with van der Waals surface area (Å²) in [6.45, 7) is 4.61. The first kappa shape index (κ1) is 19.9. The zero-order valence-electron chi connectivity index (χ0n) is 16.5. The first-order valence-corrected chi connectivity index (χ1v) is 10.7. The van der Waals surface area contributed by atoms with Crippen LogP contribution >= 0.6 is 11.6 Å². The van der Waals surface area contributed by atoms with Crippen LogP contribution in [0.5, 0.6) is 0 Å². The van der Waals surface area contributed by atoms with Crippen molar-refractivity contribution in [2.75, 3.05) is 0 Å². The minimum Gasteiger partial charge on any atom is -0.251 e. The summed E-state index contributed by atoms with van der Waals surface area (Å²) in [7, 11) is 0. The van der Waals surface area contributed by atoms with Gasteiger partial charge in [-0.3, -0.25) is 4.98 Å². The van der Waals surface area contributed by atoms with E-state index in [2.05, 4.69) is 62.4 Å². The second kappa shape index (κ2) is 9.90. The largest absolute Gasteiger partial charge is 0.251 e. The van der Waals surface area contributed by atoms with E-state index in [1.54, 1.807) is 0 Å². The number of pyridine rings is 1. The van der Waals surface area contributed by atoms with Crippen molar-refractivity contribution in [3.8, 4) is 0 Å². The molecule has 0 amide bonds. The SMILES string of the molecule is CCC[C@@H](CC)CCCc1ccc2cc(Cl)c(Cc3ccccc3)nc2c1. The van der Waals surface area contributed by atoms with Gasteiger partial charge in [0.15, 0.2) is 0 Å². The van der Waals surface area contributed by atoms with Crippen LogP contribution in [0.3, 0.4) is 0 Å². The molecule has 0 radical (unpaired) electrons. The molecule has 3 aromatic rings. The summed E-state index contributed by atoms with van der Waals surface area (Å²) in [6.07, 6.45) is 8.45. The second-order valence-electron chi connectivity index (χ2n) is 7.56. The summed E-state index contributed by atoms with van der Waals surface area (Å²) in [6, 6.07) is 19.1. The van der Waals surface area contributed by atoms with Gasteiger partial charge in [0.2, 0.25) is 0 Å². The molecular formula is C25H30ClN. The van der Waals surface area contributed by atoms with Gasteiger partial charge in [0.25, 0.3) is 0 Å². The number of fused-ring (bicyclic) bond motifs is 1. The molecule has 1 atom stereocenters. The van der Waals surface area contributed by atoms with Gasteiger partial charge in [-0.15, -0.1) is 0 Å². The van der Waals surface area contributed by atoms with E-state index in [-0.39, 0.29) is 0 Å². The van der Waals surface area contributed by atoms with Gasteiger partial charge in [0.05, 0.1) is 16.2 Å². The van der Waals surface area contributed by atoms with E-state index in [0.717, 1.165) is 40.4 Å². The fraction of sp³-hybridized carbons (Fsp3) is 0.400. The van der Waals surface area contributed by atoms with Crippen LogP contribution in [0.2, 0.25) is 5.02 Å². The maximum absolute atomic E-state index is 6.49. The Morgan fingerprint density at radius 1 is 0.926 bits per heavy atom. The van der Waals surface area contributed by atoms with E-state index in [4.69, 9.17) is 16.6 Å². The molecule has 0 fully saturated rings. The molecule has 0 aliphatic heterocycles. The van der Waals surface area contributed by atoms with Gasteiger partial charge >= 0.3 is 0 Å². The third-order valence-electron chi connectivity index (χ3n) is 5.47. The van der Waals surface area contributed by atoms with E-state index >= 15 is 0 Å². The number of rotatable bonds is 9. The zero-order valence-corrected chi connectivity index (χ0v) is 17.3. The summed E-state index contributed by atoms with van der Waals surface area (Å²) in [4.78, 5) is 4.89. The molecule has 0 saturated carbocycles. The molecule has 0 bridgehead atoms. The number of hydrogen-bond donors (Lipinski definition) is 0. The minimum atomic E-state index is 0.754. The zero-order chi connectivity index (χ0) is 19.1. The maximum Gasteiger partial charge on any atom is 0.0709 e. The lowest BCUT2D eigenvalue weighted by Gasteiger charge is -2.13. The van der Waals surface area contributed by atoms with Gasteiger partial charge < -0.3 is 0 Å². The highest BCUT2D eigenvalue weighted by molar-refractivity contribution is 6.31. The van der Waals surface area contributed by atoms with Crippen molar-refractivity contribution in [3.63, 3.8) is 0 Å². The highest BCUT2D eigenvalue weighted by Crippen LogP contribution is 2.25. The van der Waals surface area contributed by atoms with Crippen molar-refractivity contribution in [2.45, 2.75) is 58.8 Å². The molecule has 0 N–H and O–H groups in total. The number of aryl methyl sites for hydroxylation is 1. The second-order valence-corrected chi connectivity index (χ2v) is 7.97. The number of benzene rings is 2. The third kappa shape index (κ3) is 5.56. The Balaban J connectivity index is 1.72. The number of hydrogen-bond acceptors (Lipinski definition) is 1. The van der Waals surface area contributed by atoms with Crippen LogP contribution in [0.4, 0.5) is 0 Å². The van der Waals surface area contributed by atoms with Crippen LogP contribution in [-0.4, -0.2) is 4.98 Å². The molecule has 1 aromatic heterocycles. The highest BCUT2D eigenvalue weighted by atomic mass is 35.5. The Kier molecular flexibility index (Phi) is 7.29. The molecule has 142 valence electrons. The van der Waals surface area contributed by atoms with E-state index in [1.807, 2.05) is 6.07 Å². The van der Waals surface area contributed by atoms with Crippen LogP contribution in [0.1, 0.15) is 62.8 Å². The van der Waals surface area contributed by atoms with Crippen molar-refractivity contribution < 1.29 is 0 Å². The predicted octanol–water partition coefficient (Wildman–Crippen LogP) is 7.63. The van der Waals surface area contributed by atoms with Crippen LogP contribution in [0.15, 0.2) is 54.6 Å². The maximum atomic E-state index is 6.49. The lowest BCUT2D eigenvalue weighted by atomic mass is 9.93. The number of halogens is 1. The van der Waals surface area contributed by atoms with E-state index in [9.17, 15) is 0 Å². The summed E-state index contributed by atoms with van der Waals surface area (Å²) in [5.74, 6) is 0.880. The molecule has 0 aliphatic rings. The fourth-order valence-electron chi connectivity index (χ4n) is 3.85. The molecule has 0 aliphatic carbocycles.